The zero-order valence-corrected chi connectivity index (χ0v) is 15.5. The Bertz CT molecular complexity index is 930. The molecular weight excluding hydrogens is 372 g/mol. The topological polar surface area (TPSA) is 89.7 Å². The van der Waals surface area contributed by atoms with Crippen molar-refractivity contribution in [3.05, 3.63) is 68.7 Å². The summed E-state index contributed by atoms with van der Waals surface area (Å²) >= 11 is 5.96. The number of nitro benzene ring substituents is 1. The van der Waals surface area contributed by atoms with Crippen molar-refractivity contribution in [1.82, 2.24) is 0 Å². The van der Waals surface area contributed by atoms with E-state index in [1.165, 1.54) is 19.1 Å². The molecule has 0 aromatic heterocycles. The Morgan fingerprint density at radius 3 is 2.70 bits per heavy atom. The smallest absolute Gasteiger partial charge is 0.340 e. The van der Waals surface area contributed by atoms with Crippen molar-refractivity contribution in [1.29, 1.82) is 0 Å². The molecule has 27 heavy (non-hydrogen) atoms. The van der Waals surface area contributed by atoms with Crippen LogP contribution in [-0.4, -0.2) is 28.9 Å². The summed E-state index contributed by atoms with van der Waals surface area (Å²) in [5.41, 5.74) is 1.41. The summed E-state index contributed by atoms with van der Waals surface area (Å²) in [6.07, 6.45) is -0.347. The number of anilines is 1. The molecule has 1 aliphatic rings. The quantitative estimate of drug-likeness (QED) is 0.451. The van der Waals surface area contributed by atoms with Crippen molar-refractivity contribution in [2.75, 3.05) is 4.90 Å². The summed E-state index contributed by atoms with van der Waals surface area (Å²) < 4.78 is 5.25. The zero-order chi connectivity index (χ0) is 19.7. The van der Waals surface area contributed by atoms with Crippen molar-refractivity contribution in [2.45, 2.75) is 32.4 Å². The van der Waals surface area contributed by atoms with Gasteiger partial charge in [-0.25, -0.2) is 4.79 Å². The van der Waals surface area contributed by atoms with Crippen LogP contribution >= 0.6 is 11.6 Å². The molecule has 2 aromatic rings. The summed E-state index contributed by atoms with van der Waals surface area (Å²) in [6.45, 7) is 3.39. The summed E-state index contributed by atoms with van der Waals surface area (Å²) in [5.74, 6) is -1.24. The third-order valence-corrected chi connectivity index (χ3v) is 4.79. The molecular formula is C19H17ClN2O5. The number of nitrogens with zero attached hydrogens (tertiary/aromatic N) is 2. The lowest BCUT2D eigenvalue weighted by molar-refractivity contribution is -0.384. The van der Waals surface area contributed by atoms with Crippen LogP contribution in [0, 0.1) is 10.1 Å². The van der Waals surface area contributed by atoms with Crippen LogP contribution in [0.1, 0.15) is 29.8 Å². The molecule has 0 bridgehead atoms. The number of fused-ring (bicyclic) bond motifs is 1. The van der Waals surface area contributed by atoms with Gasteiger partial charge in [-0.2, -0.15) is 0 Å². The molecule has 8 heteroatoms. The highest BCUT2D eigenvalue weighted by Crippen LogP contribution is 2.32. The van der Waals surface area contributed by atoms with Gasteiger partial charge in [0.25, 0.3) is 11.6 Å². The fourth-order valence-electron chi connectivity index (χ4n) is 3.15. The third-order valence-electron chi connectivity index (χ3n) is 4.46. The van der Waals surface area contributed by atoms with E-state index >= 15 is 0 Å². The predicted molar refractivity (Wildman–Crippen MR) is 100 cm³/mol. The van der Waals surface area contributed by atoms with E-state index in [-0.39, 0.29) is 28.2 Å². The molecule has 1 amide bonds. The molecule has 3 rings (SSSR count). The van der Waals surface area contributed by atoms with E-state index in [2.05, 4.69) is 0 Å². The average molecular weight is 389 g/mol. The Kier molecular flexibility index (Phi) is 5.14. The zero-order valence-electron chi connectivity index (χ0n) is 14.7. The second-order valence-electron chi connectivity index (χ2n) is 6.36. The first-order valence-corrected chi connectivity index (χ1v) is 8.73. The highest BCUT2D eigenvalue weighted by Gasteiger charge is 2.34. The van der Waals surface area contributed by atoms with E-state index < -0.39 is 17.0 Å². The summed E-state index contributed by atoms with van der Waals surface area (Å²) in [4.78, 5) is 37.1. The molecule has 1 aliphatic heterocycles. The van der Waals surface area contributed by atoms with E-state index in [4.69, 9.17) is 16.3 Å². The van der Waals surface area contributed by atoms with Crippen LogP contribution in [0.25, 0.3) is 0 Å². The lowest BCUT2D eigenvalue weighted by atomic mass is 10.1. The first-order chi connectivity index (χ1) is 12.8. The van der Waals surface area contributed by atoms with Gasteiger partial charge >= 0.3 is 5.97 Å². The Morgan fingerprint density at radius 1 is 1.30 bits per heavy atom. The largest absolute Gasteiger partial charge is 0.449 e. The van der Waals surface area contributed by atoms with Crippen molar-refractivity contribution in [3.63, 3.8) is 0 Å². The summed E-state index contributed by atoms with van der Waals surface area (Å²) in [5, 5.41) is 10.9. The van der Waals surface area contributed by atoms with Crippen LogP contribution in [0.3, 0.4) is 0 Å². The summed E-state index contributed by atoms with van der Waals surface area (Å²) in [6, 6.07) is 11.0. The molecule has 1 heterocycles. The fraction of sp³-hybridized carbons (Fsp3) is 0.263. The highest BCUT2D eigenvalue weighted by atomic mass is 35.5. The molecule has 0 saturated heterocycles. The van der Waals surface area contributed by atoms with Gasteiger partial charge in [-0.1, -0.05) is 29.8 Å². The highest BCUT2D eigenvalue weighted by molar-refractivity contribution is 6.33. The number of benzene rings is 2. The van der Waals surface area contributed by atoms with E-state index in [0.717, 1.165) is 23.7 Å². The van der Waals surface area contributed by atoms with E-state index in [9.17, 15) is 19.7 Å². The number of non-ortho nitro benzene ring substituents is 1. The van der Waals surface area contributed by atoms with Crippen LogP contribution in [0.15, 0.2) is 42.5 Å². The van der Waals surface area contributed by atoms with Crippen molar-refractivity contribution < 1.29 is 19.2 Å². The van der Waals surface area contributed by atoms with E-state index in [0.29, 0.717) is 0 Å². The molecule has 0 fully saturated rings. The minimum atomic E-state index is -1.07. The third kappa shape index (κ3) is 3.64. The molecule has 2 aromatic carbocycles. The normalized spacial score (nSPS) is 16.6. The molecule has 0 aliphatic carbocycles. The minimum absolute atomic E-state index is 0.0186. The average Bonchev–Trinajstić information content (AvgIpc) is 2.96. The van der Waals surface area contributed by atoms with Crippen LogP contribution in [0.2, 0.25) is 5.02 Å². The first-order valence-electron chi connectivity index (χ1n) is 8.35. The molecule has 0 radical (unpaired) electrons. The number of para-hydroxylation sites is 1. The summed E-state index contributed by atoms with van der Waals surface area (Å²) in [7, 11) is 0. The van der Waals surface area contributed by atoms with Crippen LogP contribution < -0.4 is 4.90 Å². The molecule has 0 N–H and O–H groups in total. The van der Waals surface area contributed by atoms with Gasteiger partial charge in [-0.05, 0) is 38.0 Å². The number of halogens is 1. The maximum absolute atomic E-state index is 12.9. The number of carbonyl (C=O) groups excluding carboxylic acids is 2. The standard InChI is InChI=1S/C19H17ClN2O5/c1-11-9-13-5-3-4-6-17(13)21(11)18(23)12(2)27-19(24)15-10-14(22(25)26)7-8-16(15)20/h3-8,10-12H,9H2,1-2H3/t11-,12+/m0/s1. The van der Waals surface area contributed by atoms with Gasteiger partial charge in [0.05, 0.1) is 15.5 Å². The van der Waals surface area contributed by atoms with E-state index in [1.54, 1.807) is 4.90 Å². The Balaban J connectivity index is 1.78. The monoisotopic (exact) mass is 388 g/mol. The predicted octanol–water partition coefficient (Wildman–Crippen LogP) is 3.77. The SMILES string of the molecule is C[C@@H](OC(=O)c1cc([N+](=O)[O-])ccc1Cl)C(=O)N1c2ccccc2C[C@@H]1C. The van der Waals surface area contributed by atoms with Gasteiger partial charge in [0, 0.05) is 23.9 Å². The number of rotatable bonds is 4. The number of hydrogen-bond donors (Lipinski definition) is 0. The first kappa shape index (κ1) is 18.8. The maximum Gasteiger partial charge on any atom is 0.340 e. The fourth-order valence-corrected chi connectivity index (χ4v) is 3.35. The van der Waals surface area contributed by atoms with Gasteiger partial charge in [0.1, 0.15) is 0 Å². The molecule has 2 atom stereocenters. The van der Waals surface area contributed by atoms with Gasteiger partial charge in [-0.15, -0.1) is 0 Å². The maximum atomic E-state index is 12.9. The van der Waals surface area contributed by atoms with Crippen molar-refractivity contribution in [2.24, 2.45) is 0 Å². The van der Waals surface area contributed by atoms with Crippen LogP contribution in [0.5, 0.6) is 0 Å². The Labute approximate surface area is 160 Å². The molecule has 7 nitrogen and oxygen atoms in total. The van der Waals surface area contributed by atoms with E-state index in [1.807, 2.05) is 31.2 Å². The number of ether oxygens (including phenoxy) is 1. The van der Waals surface area contributed by atoms with Crippen LogP contribution in [-0.2, 0) is 16.0 Å². The van der Waals surface area contributed by atoms with Gasteiger partial charge < -0.3 is 9.64 Å². The van der Waals surface area contributed by atoms with Crippen LogP contribution in [0.4, 0.5) is 11.4 Å². The van der Waals surface area contributed by atoms with Crippen molar-refractivity contribution in [3.8, 4) is 0 Å². The number of carbonyl (C=O) groups is 2. The lowest BCUT2D eigenvalue weighted by Crippen LogP contribution is -2.43. The second kappa shape index (κ2) is 7.36. The Hall–Kier alpha value is -2.93. The molecule has 140 valence electrons. The molecule has 0 spiro atoms. The number of hydrogen-bond acceptors (Lipinski definition) is 5. The number of nitro groups is 1. The molecule has 0 unspecified atom stereocenters. The van der Waals surface area contributed by atoms with Gasteiger partial charge in [0.2, 0.25) is 0 Å². The molecule has 0 saturated carbocycles. The second-order valence-corrected chi connectivity index (χ2v) is 6.77. The van der Waals surface area contributed by atoms with Gasteiger partial charge in [0.15, 0.2) is 6.10 Å². The lowest BCUT2D eigenvalue weighted by Gasteiger charge is -2.26. The number of esters is 1. The van der Waals surface area contributed by atoms with Gasteiger partial charge in [-0.3, -0.25) is 14.9 Å². The number of amides is 1. The minimum Gasteiger partial charge on any atom is -0.449 e. The van der Waals surface area contributed by atoms with Crippen molar-refractivity contribution >= 4 is 34.9 Å². The Morgan fingerprint density at radius 2 is 2.00 bits per heavy atom.